The molecule has 1 aliphatic heterocycles. The minimum atomic E-state index is -0.669. The van der Waals surface area contributed by atoms with E-state index in [-0.39, 0.29) is 28.3 Å². The average molecular weight is 634 g/mol. The molecule has 7 nitrogen and oxygen atoms in total. The second-order valence-electron chi connectivity index (χ2n) is 11.8. The molecule has 1 atom stereocenters. The van der Waals surface area contributed by atoms with Crippen LogP contribution in [0.25, 0.3) is 0 Å². The fraction of sp³-hybridized carbons (Fsp3) is 0.273. The second kappa shape index (κ2) is 11.7. The number of hydrogen-bond acceptors (Lipinski definition) is 7. The van der Waals surface area contributed by atoms with Crippen LogP contribution in [0.2, 0.25) is 10.0 Å². The minimum Gasteiger partial charge on any atom is -0.384 e. The number of halogens is 2. The molecular formula is C33H30Cl2N4O3S. The average Bonchev–Trinajstić information content (AvgIpc) is 2.93. The van der Waals surface area contributed by atoms with Crippen molar-refractivity contribution in [2.75, 3.05) is 4.90 Å². The zero-order chi connectivity index (χ0) is 31.2. The molecule has 0 amide bonds. The number of nitrogens with two attached hydrogens (primary N) is 1. The molecule has 0 bridgehead atoms. The lowest BCUT2D eigenvalue weighted by Gasteiger charge is -2.44. The van der Waals surface area contributed by atoms with E-state index in [1.807, 2.05) is 39.8 Å². The molecule has 0 fully saturated rings. The number of aryl methyl sites for hydroxylation is 1. The van der Waals surface area contributed by atoms with Crippen LogP contribution < -0.4 is 10.6 Å². The number of Topliss-reactive ketones (excluding diaryl/α,β-unsaturated/α-hetero) is 1. The van der Waals surface area contributed by atoms with Crippen LogP contribution >= 0.6 is 35.0 Å². The van der Waals surface area contributed by atoms with Gasteiger partial charge in [0.1, 0.15) is 5.82 Å². The molecule has 10 heteroatoms. The number of anilines is 1. The van der Waals surface area contributed by atoms with Gasteiger partial charge in [-0.25, -0.2) is 0 Å². The Morgan fingerprint density at radius 2 is 1.88 bits per heavy atom. The highest BCUT2D eigenvalue weighted by atomic mass is 35.5. The number of nitro benzene ring substituents is 1. The van der Waals surface area contributed by atoms with E-state index >= 15 is 0 Å². The van der Waals surface area contributed by atoms with Gasteiger partial charge in [0, 0.05) is 45.5 Å². The number of nitro groups is 1. The summed E-state index contributed by atoms with van der Waals surface area (Å²) in [6.07, 6.45) is 0.818. The molecule has 0 spiro atoms. The predicted molar refractivity (Wildman–Crippen MR) is 172 cm³/mol. The summed E-state index contributed by atoms with van der Waals surface area (Å²) in [5, 5.41) is 23.3. The van der Waals surface area contributed by atoms with Crippen molar-refractivity contribution in [2.45, 2.75) is 57.1 Å². The molecule has 3 aromatic carbocycles. The number of benzene rings is 3. The molecule has 1 heterocycles. The van der Waals surface area contributed by atoms with Crippen molar-refractivity contribution in [3.8, 4) is 6.07 Å². The maximum atomic E-state index is 14.0. The number of non-ortho nitro benzene ring substituents is 1. The number of carbonyl (C=O) groups excluding carboxylic acids is 1. The van der Waals surface area contributed by atoms with E-state index in [9.17, 15) is 20.2 Å². The van der Waals surface area contributed by atoms with Gasteiger partial charge >= 0.3 is 0 Å². The maximum absolute atomic E-state index is 14.0. The third-order valence-electron chi connectivity index (χ3n) is 7.97. The highest BCUT2D eigenvalue weighted by Gasteiger charge is 2.45. The molecule has 5 rings (SSSR count). The molecule has 1 unspecified atom stereocenters. The first-order chi connectivity index (χ1) is 20.3. The first-order valence-electron chi connectivity index (χ1n) is 13.7. The van der Waals surface area contributed by atoms with Crippen molar-refractivity contribution in [3.05, 3.63) is 120 Å². The van der Waals surface area contributed by atoms with Gasteiger partial charge in [0.25, 0.3) is 5.69 Å². The number of ketones is 1. The van der Waals surface area contributed by atoms with Crippen molar-refractivity contribution in [1.82, 2.24) is 0 Å². The number of allylic oxidation sites excluding steroid dienone is 3. The van der Waals surface area contributed by atoms with Crippen LogP contribution in [0.1, 0.15) is 54.9 Å². The molecular weight excluding hydrogens is 603 g/mol. The van der Waals surface area contributed by atoms with Gasteiger partial charge in [0.15, 0.2) is 5.78 Å². The van der Waals surface area contributed by atoms with Crippen molar-refractivity contribution < 1.29 is 9.72 Å². The lowest BCUT2D eigenvalue weighted by molar-refractivity contribution is -0.384. The molecule has 0 saturated carbocycles. The Labute approximate surface area is 265 Å². The molecule has 2 N–H and O–H groups in total. The Morgan fingerprint density at radius 3 is 2.58 bits per heavy atom. The zero-order valence-electron chi connectivity index (χ0n) is 24.2. The van der Waals surface area contributed by atoms with E-state index in [4.69, 9.17) is 28.9 Å². The van der Waals surface area contributed by atoms with Gasteiger partial charge in [-0.1, -0.05) is 60.8 Å². The van der Waals surface area contributed by atoms with Gasteiger partial charge in [-0.3, -0.25) is 19.8 Å². The Kier molecular flexibility index (Phi) is 8.36. The van der Waals surface area contributed by atoms with Crippen molar-refractivity contribution in [1.29, 1.82) is 5.26 Å². The summed E-state index contributed by atoms with van der Waals surface area (Å²) in [4.78, 5) is 27.7. The summed E-state index contributed by atoms with van der Waals surface area (Å²) >= 11 is 14.2. The van der Waals surface area contributed by atoms with E-state index in [0.717, 1.165) is 27.1 Å². The molecule has 43 heavy (non-hydrogen) atoms. The monoisotopic (exact) mass is 632 g/mol. The molecule has 0 saturated heterocycles. The molecule has 220 valence electrons. The van der Waals surface area contributed by atoms with Gasteiger partial charge < -0.3 is 5.73 Å². The van der Waals surface area contributed by atoms with Crippen LogP contribution in [-0.2, 0) is 10.5 Å². The minimum absolute atomic E-state index is 0.0607. The Morgan fingerprint density at radius 1 is 1.14 bits per heavy atom. The third-order valence-corrected chi connectivity index (χ3v) is 9.75. The van der Waals surface area contributed by atoms with E-state index in [1.165, 1.54) is 12.1 Å². The van der Waals surface area contributed by atoms with Gasteiger partial charge in [-0.15, -0.1) is 11.8 Å². The van der Waals surface area contributed by atoms with Crippen molar-refractivity contribution in [3.63, 3.8) is 0 Å². The van der Waals surface area contributed by atoms with Crippen LogP contribution in [0.5, 0.6) is 0 Å². The summed E-state index contributed by atoms with van der Waals surface area (Å²) in [7, 11) is 0. The normalized spacial score (nSPS) is 18.0. The Balaban J connectivity index is 1.68. The quantitative estimate of drug-likeness (QED) is 0.164. The summed E-state index contributed by atoms with van der Waals surface area (Å²) in [6.45, 7) is 8.02. The van der Waals surface area contributed by atoms with Crippen LogP contribution in [0.15, 0.2) is 82.2 Å². The van der Waals surface area contributed by atoms with Crippen molar-refractivity contribution >= 4 is 52.1 Å². The number of nitrogens with zero attached hydrogens (tertiary/aromatic N) is 3. The fourth-order valence-corrected chi connectivity index (χ4v) is 7.56. The number of nitriles is 1. The second-order valence-corrected chi connectivity index (χ2v) is 13.6. The highest BCUT2D eigenvalue weighted by molar-refractivity contribution is 7.98. The van der Waals surface area contributed by atoms with E-state index in [2.05, 4.69) is 12.1 Å². The van der Waals surface area contributed by atoms with Gasteiger partial charge in [0.2, 0.25) is 0 Å². The Bertz CT molecular complexity index is 1790. The highest BCUT2D eigenvalue weighted by Crippen LogP contribution is 2.51. The van der Waals surface area contributed by atoms with Crippen LogP contribution in [0, 0.1) is 40.7 Å². The summed E-state index contributed by atoms with van der Waals surface area (Å²) in [6, 6.07) is 17.9. The maximum Gasteiger partial charge on any atom is 0.271 e. The Hall–Kier alpha value is -3.77. The number of thioether (sulfide) groups is 1. The van der Waals surface area contributed by atoms with Crippen molar-refractivity contribution in [2.24, 2.45) is 11.1 Å². The summed E-state index contributed by atoms with van der Waals surface area (Å²) < 4.78 is 0. The van der Waals surface area contributed by atoms with Crippen LogP contribution in [-0.4, -0.2) is 10.7 Å². The molecule has 0 radical (unpaired) electrons. The molecule has 0 aromatic heterocycles. The largest absolute Gasteiger partial charge is 0.384 e. The topological polar surface area (TPSA) is 113 Å². The summed E-state index contributed by atoms with van der Waals surface area (Å²) in [5.41, 5.74) is 12.0. The fourth-order valence-electron chi connectivity index (χ4n) is 6.02. The van der Waals surface area contributed by atoms with Gasteiger partial charge in [-0.05, 0) is 66.6 Å². The van der Waals surface area contributed by atoms with E-state index in [0.29, 0.717) is 45.6 Å². The van der Waals surface area contributed by atoms with E-state index < -0.39 is 10.8 Å². The first kappa shape index (κ1) is 30.7. The first-order valence-corrected chi connectivity index (χ1v) is 15.4. The lowest BCUT2D eigenvalue weighted by Crippen LogP contribution is -2.42. The standard InChI is InChI=1S/C33H30Cl2N4O3S/c1-18-10-20(17-43-29-12-21(34)8-9-26(29)35)19(2)24(11-18)30-25(16-36)32(37)38(22-6-5-7-23(13-22)39(41)42)27-14-33(3,4)15-28(40)31(27)30/h5-13,30H,14-15,17,37H2,1-4H3. The molecule has 2 aliphatic rings. The SMILES string of the molecule is Cc1cc(CSc2cc(Cl)ccc2Cl)c(C)c(C2C(C#N)=C(N)N(c3cccc([N+](=O)[O-])c3)C3=C2C(=O)CC(C)(C)C3)c1. The molecule has 3 aromatic rings. The summed E-state index contributed by atoms with van der Waals surface area (Å²) in [5.74, 6) is 0.0346. The predicted octanol–water partition coefficient (Wildman–Crippen LogP) is 8.75. The number of hydrogen-bond donors (Lipinski definition) is 1. The van der Waals surface area contributed by atoms with Crippen LogP contribution in [0.4, 0.5) is 11.4 Å². The zero-order valence-corrected chi connectivity index (χ0v) is 26.5. The lowest BCUT2D eigenvalue weighted by atomic mass is 9.68. The smallest absolute Gasteiger partial charge is 0.271 e. The van der Waals surface area contributed by atoms with Gasteiger partial charge in [-0.2, -0.15) is 5.26 Å². The number of rotatable bonds is 6. The van der Waals surface area contributed by atoms with Gasteiger partial charge in [0.05, 0.1) is 33.2 Å². The van der Waals surface area contributed by atoms with E-state index in [1.54, 1.807) is 40.9 Å². The molecule has 1 aliphatic carbocycles. The number of carbonyl (C=O) groups is 1. The van der Waals surface area contributed by atoms with Crippen LogP contribution in [0.3, 0.4) is 0 Å². The third kappa shape index (κ3) is 5.90.